The van der Waals surface area contributed by atoms with Crippen molar-refractivity contribution in [2.75, 3.05) is 69.0 Å². The predicted octanol–water partition coefficient (Wildman–Crippen LogP) is 2.72. The van der Waals surface area contributed by atoms with Crippen molar-refractivity contribution in [3.8, 4) is 11.8 Å². The fourth-order valence-corrected chi connectivity index (χ4v) is 5.14. The summed E-state index contributed by atoms with van der Waals surface area (Å²) in [6.07, 6.45) is 3.48. The number of hydrogen-bond donors (Lipinski definition) is 0. The molecule has 0 N–H and O–H groups in total. The molecule has 1 aromatic heterocycles. The number of carbonyl (C=O) groups excluding carboxylic acids is 1. The number of hydrogen-bond acceptors (Lipinski definition) is 11. The number of ether oxygens (including phenoxy) is 3. The zero-order chi connectivity index (χ0) is 24.9. The van der Waals surface area contributed by atoms with Crippen molar-refractivity contribution in [1.82, 2.24) is 19.9 Å². The van der Waals surface area contributed by atoms with Crippen LogP contribution in [0.25, 0.3) is 6.08 Å². The van der Waals surface area contributed by atoms with E-state index in [2.05, 4.69) is 26.3 Å². The second kappa shape index (κ2) is 11.3. The lowest BCUT2D eigenvalue weighted by Crippen LogP contribution is -2.40. The summed E-state index contributed by atoms with van der Waals surface area (Å²) in [5.74, 6) is 1.62. The summed E-state index contributed by atoms with van der Waals surface area (Å²) in [6.45, 7) is 9.43. The first-order chi connectivity index (χ1) is 17.6. The molecule has 3 saturated heterocycles. The molecular weight excluding hydrogens is 500 g/mol. The number of benzene rings is 1. The molecule has 0 spiro atoms. The summed E-state index contributed by atoms with van der Waals surface area (Å²) in [6, 6.07) is 7.63. The molecule has 3 aliphatic heterocycles. The second-order valence-electron chi connectivity index (χ2n) is 8.17. The average Bonchev–Trinajstić information content (AvgIpc) is 3.18. The molecule has 5 rings (SSSR count). The van der Waals surface area contributed by atoms with Gasteiger partial charge in [0, 0.05) is 32.7 Å². The number of carbonyl (C=O) groups is 1. The molecule has 2 aromatic rings. The number of anilines is 2. The van der Waals surface area contributed by atoms with Crippen molar-refractivity contribution in [1.29, 1.82) is 0 Å². The Bertz CT molecular complexity index is 1130. The standard InChI is InChI=1S/C24H26N6O4S2/c1-2-7-30-20(31)19(36-24(30)35)16-17-3-5-18(6-4-17)34-23-26-21(28-8-12-32-13-9-28)25-22(27-23)29-10-14-33-15-11-29/h2-6,16H,1,7-15H2/b19-16+. The maximum atomic E-state index is 12.6. The third-order valence-electron chi connectivity index (χ3n) is 5.75. The lowest BCUT2D eigenvalue weighted by atomic mass is 10.2. The van der Waals surface area contributed by atoms with E-state index < -0.39 is 0 Å². The van der Waals surface area contributed by atoms with Gasteiger partial charge in [-0.25, -0.2) is 0 Å². The number of amides is 1. The second-order valence-corrected chi connectivity index (χ2v) is 9.84. The zero-order valence-corrected chi connectivity index (χ0v) is 21.3. The predicted molar refractivity (Wildman–Crippen MR) is 142 cm³/mol. The minimum Gasteiger partial charge on any atom is -0.424 e. The molecule has 0 saturated carbocycles. The average molecular weight is 527 g/mol. The van der Waals surface area contributed by atoms with E-state index >= 15 is 0 Å². The number of nitrogens with zero attached hydrogens (tertiary/aromatic N) is 6. The van der Waals surface area contributed by atoms with E-state index in [1.165, 1.54) is 16.7 Å². The lowest BCUT2D eigenvalue weighted by molar-refractivity contribution is -0.121. The summed E-state index contributed by atoms with van der Waals surface area (Å²) >= 11 is 6.59. The molecular formula is C24H26N6O4S2. The topological polar surface area (TPSA) is 93.2 Å². The van der Waals surface area contributed by atoms with Gasteiger partial charge in [0.05, 0.1) is 31.3 Å². The van der Waals surface area contributed by atoms with Gasteiger partial charge in [-0.1, -0.05) is 42.2 Å². The van der Waals surface area contributed by atoms with Gasteiger partial charge in [-0.05, 0) is 23.8 Å². The molecule has 0 atom stereocenters. The summed E-state index contributed by atoms with van der Waals surface area (Å²) in [4.78, 5) is 32.7. The van der Waals surface area contributed by atoms with Gasteiger partial charge in [0.25, 0.3) is 5.91 Å². The molecule has 0 unspecified atom stereocenters. The molecule has 0 bridgehead atoms. The van der Waals surface area contributed by atoms with E-state index in [4.69, 9.17) is 31.4 Å². The molecule has 3 fully saturated rings. The molecule has 10 nitrogen and oxygen atoms in total. The van der Waals surface area contributed by atoms with Gasteiger partial charge < -0.3 is 24.0 Å². The van der Waals surface area contributed by atoms with Crippen molar-refractivity contribution in [2.45, 2.75) is 0 Å². The maximum Gasteiger partial charge on any atom is 0.328 e. The summed E-state index contributed by atoms with van der Waals surface area (Å²) in [5.41, 5.74) is 0.861. The molecule has 12 heteroatoms. The fraction of sp³-hybridized carbons (Fsp3) is 0.375. The Balaban J connectivity index is 1.34. The number of thioether (sulfide) groups is 1. The van der Waals surface area contributed by atoms with Crippen LogP contribution in [0.4, 0.5) is 11.9 Å². The zero-order valence-electron chi connectivity index (χ0n) is 19.7. The smallest absolute Gasteiger partial charge is 0.328 e. The number of rotatable bonds is 7. The Morgan fingerprint density at radius 1 is 0.972 bits per heavy atom. The number of thiocarbonyl (C=S) groups is 1. The maximum absolute atomic E-state index is 12.6. The van der Waals surface area contributed by atoms with Crippen LogP contribution >= 0.6 is 24.0 Å². The molecule has 0 radical (unpaired) electrons. The van der Waals surface area contributed by atoms with Gasteiger partial charge in [0.2, 0.25) is 11.9 Å². The van der Waals surface area contributed by atoms with E-state index in [-0.39, 0.29) is 11.9 Å². The van der Waals surface area contributed by atoms with Gasteiger partial charge >= 0.3 is 6.01 Å². The molecule has 1 amide bonds. The Hall–Kier alpha value is -3.06. The first kappa shape index (κ1) is 24.6. The van der Waals surface area contributed by atoms with Crippen LogP contribution in [0.3, 0.4) is 0 Å². The van der Waals surface area contributed by atoms with E-state index in [1.807, 2.05) is 30.3 Å². The third kappa shape index (κ3) is 5.67. The number of morpholine rings is 2. The van der Waals surface area contributed by atoms with E-state index in [1.54, 1.807) is 6.08 Å². The first-order valence-electron chi connectivity index (χ1n) is 11.7. The lowest BCUT2D eigenvalue weighted by Gasteiger charge is -2.30. The largest absolute Gasteiger partial charge is 0.424 e. The van der Waals surface area contributed by atoms with Crippen molar-refractivity contribution < 1.29 is 19.0 Å². The number of aromatic nitrogens is 3. The SMILES string of the molecule is C=CCN1C(=O)/C(=C\c2ccc(Oc3nc(N4CCOCC4)nc(N4CCOCC4)n3)cc2)SC1=S. The van der Waals surface area contributed by atoms with Crippen molar-refractivity contribution in [3.05, 3.63) is 47.4 Å². The molecule has 36 heavy (non-hydrogen) atoms. The highest BCUT2D eigenvalue weighted by Gasteiger charge is 2.31. The Morgan fingerprint density at radius 3 is 2.11 bits per heavy atom. The van der Waals surface area contributed by atoms with Crippen LogP contribution in [-0.4, -0.2) is 89.2 Å². The highest BCUT2D eigenvalue weighted by Crippen LogP contribution is 2.33. The fourth-order valence-electron chi connectivity index (χ4n) is 3.87. The molecule has 1 aromatic carbocycles. The molecule has 4 heterocycles. The molecule has 188 valence electrons. The highest BCUT2D eigenvalue weighted by atomic mass is 32.2. The van der Waals surface area contributed by atoms with Gasteiger partial charge in [-0.3, -0.25) is 9.69 Å². The van der Waals surface area contributed by atoms with Gasteiger partial charge in [0.1, 0.15) is 10.1 Å². The van der Waals surface area contributed by atoms with E-state index in [9.17, 15) is 4.79 Å². The molecule has 3 aliphatic rings. The van der Waals surface area contributed by atoms with Crippen LogP contribution in [0.5, 0.6) is 11.8 Å². The van der Waals surface area contributed by atoms with Crippen LogP contribution in [0.15, 0.2) is 41.8 Å². The minimum absolute atomic E-state index is 0.110. The van der Waals surface area contributed by atoms with Crippen LogP contribution in [0.1, 0.15) is 5.56 Å². The minimum atomic E-state index is -0.110. The van der Waals surface area contributed by atoms with Crippen molar-refractivity contribution in [3.63, 3.8) is 0 Å². The highest BCUT2D eigenvalue weighted by molar-refractivity contribution is 8.26. The normalized spacial score (nSPS) is 19.8. The third-order valence-corrected chi connectivity index (χ3v) is 7.13. The van der Waals surface area contributed by atoms with E-state index in [0.717, 1.165) is 5.56 Å². The Labute approximate surface area is 218 Å². The van der Waals surface area contributed by atoms with E-state index in [0.29, 0.717) is 86.0 Å². The van der Waals surface area contributed by atoms with Crippen LogP contribution in [-0.2, 0) is 14.3 Å². The summed E-state index contributed by atoms with van der Waals surface area (Å²) in [7, 11) is 0. The first-order valence-corrected chi connectivity index (χ1v) is 12.9. The van der Waals surface area contributed by atoms with Crippen LogP contribution in [0, 0.1) is 0 Å². The van der Waals surface area contributed by atoms with Crippen LogP contribution < -0.4 is 14.5 Å². The Kier molecular flexibility index (Phi) is 7.75. The van der Waals surface area contributed by atoms with Gasteiger partial charge in [-0.2, -0.15) is 15.0 Å². The summed E-state index contributed by atoms with van der Waals surface area (Å²) < 4.78 is 17.5. The van der Waals surface area contributed by atoms with Gasteiger partial charge in [-0.15, -0.1) is 6.58 Å². The molecule has 0 aliphatic carbocycles. The summed E-state index contributed by atoms with van der Waals surface area (Å²) in [5, 5.41) is 0. The van der Waals surface area contributed by atoms with Crippen molar-refractivity contribution >= 4 is 52.2 Å². The Morgan fingerprint density at radius 2 is 1.56 bits per heavy atom. The van der Waals surface area contributed by atoms with Crippen molar-refractivity contribution in [2.24, 2.45) is 0 Å². The quantitative estimate of drug-likeness (QED) is 0.303. The monoisotopic (exact) mass is 526 g/mol. The van der Waals surface area contributed by atoms with Gasteiger partial charge in [0.15, 0.2) is 0 Å². The van der Waals surface area contributed by atoms with Crippen LogP contribution in [0.2, 0.25) is 0 Å².